The number of hydrogen-bond acceptors (Lipinski definition) is 3. The van der Waals surface area contributed by atoms with Crippen LogP contribution in [0.5, 0.6) is 5.75 Å². The molecule has 3 rings (SSSR count). The summed E-state index contributed by atoms with van der Waals surface area (Å²) in [5, 5.41) is 8.75. The Balaban J connectivity index is 1.63. The molecule has 0 saturated heterocycles. The van der Waals surface area contributed by atoms with E-state index < -0.39 is 0 Å². The second-order valence-corrected chi connectivity index (χ2v) is 6.56. The summed E-state index contributed by atoms with van der Waals surface area (Å²) < 4.78 is 5.96. The quantitative estimate of drug-likeness (QED) is 0.628. The average molecular weight is 337 g/mol. The maximum absolute atomic E-state index is 5.96. The Morgan fingerprint density at radius 3 is 2.76 bits per heavy atom. The summed E-state index contributed by atoms with van der Waals surface area (Å²) in [7, 11) is 2.16. The highest BCUT2D eigenvalue weighted by atomic mass is 16.5. The minimum absolute atomic E-state index is 0.680. The number of hydrogen-bond donors (Lipinski definition) is 1. The van der Waals surface area contributed by atoms with Crippen molar-refractivity contribution in [3.8, 4) is 5.75 Å². The summed E-state index contributed by atoms with van der Waals surface area (Å²) in [5.41, 5.74) is 3.45. The molecule has 1 aromatic heterocycles. The Hall–Kier alpha value is -2.33. The number of benzene rings is 2. The third kappa shape index (κ3) is 4.83. The molecule has 4 heteroatoms. The second-order valence-electron chi connectivity index (χ2n) is 6.56. The number of unbranched alkanes of at least 4 members (excludes halogenated alkanes) is 1. The van der Waals surface area contributed by atoms with Crippen LogP contribution in [0.15, 0.2) is 48.5 Å². The van der Waals surface area contributed by atoms with E-state index in [1.54, 1.807) is 0 Å². The molecular weight excluding hydrogens is 310 g/mol. The normalized spacial score (nSPS) is 11.3. The van der Waals surface area contributed by atoms with Crippen LogP contribution in [0.3, 0.4) is 0 Å². The van der Waals surface area contributed by atoms with Gasteiger partial charge in [-0.3, -0.25) is 5.10 Å². The Bertz CT molecular complexity index is 782. The van der Waals surface area contributed by atoms with Gasteiger partial charge in [0.15, 0.2) is 0 Å². The minimum atomic E-state index is 0.680. The summed E-state index contributed by atoms with van der Waals surface area (Å²) in [5.74, 6) is 0.905. The van der Waals surface area contributed by atoms with Crippen LogP contribution in [0.4, 0.5) is 0 Å². The third-order valence-corrected chi connectivity index (χ3v) is 4.43. The Morgan fingerprint density at radius 2 is 1.96 bits per heavy atom. The zero-order chi connectivity index (χ0) is 17.5. The van der Waals surface area contributed by atoms with E-state index >= 15 is 0 Å². The van der Waals surface area contributed by atoms with Crippen LogP contribution in [0.1, 0.15) is 31.0 Å². The predicted molar refractivity (Wildman–Crippen MR) is 103 cm³/mol. The van der Waals surface area contributed by atoms with Crippen molar-refractivity contribution in [3.63, 3.8) is 0 Å². The zero-order valence-electron chi connectivity index (χ0n) is 15.2. The molecule has 0 aliphatic carbocycles. The predicted octanol–water partition coefficient (Wildman–Crippen LogP) is 4.42. The van der Waals surface area contributed by atoms with Gasteiger partial charge in [-0.2, -0.15) is 5.10 Å². The van der Waals surface area contributed by atoms with Gasteiger partial charge in [-0.1, -0.05) is 43.7 Å². The molecule has 0 fully saturated rings. The Morgan fingerprint density at radius 1 is 1.12 bits per heavy atom. The number of rotatable bonds is 9. The van der Waals surface area contributed by atoms with E-state index in [0.717, 1.165) is 41.9 Å². The molecule has 3 aromatic rings. The first-order valence-electron chi connectivity index (χ1n) is 9.08. The zero-order valence-corrected chi connectivity index (χ0v) is 15.2. The van der Waals surface area contributed by atoms with E-state index in [2.05, 4.69) is 59.4 Å². The first-order chi connectivity index (χ1) is 12.3. The summed E-state index contributed by atoms with van der Waals surface area (Å²) in [6.07, 6.45) is 3.35. The molecule has 0 saturated carbocycles. The number of aromatic amines is 1. The molecule has 25 heavy (non-hydrogen) atoms. The Labute approximate surface area is 149 Å². The molecule has 0 atom stereocenters. The third-order valence-electron chi connectivity index (χ3n) is 4.43. The minimum Gasteiger partial charge on any atom is -0.493 e. The molecule has 1 N–H and O–H groups in total. The van der Waals surface area contributed by atoms with Gasteiger partial charge in [-0.25, -0.2) is 0 Å². The molecule has 4 nitrogen and oxygen atoms in total. The van der Waals surface area contributed by atoms with E-state index in [1.807, 2.05) is 18.2 Å². The molecule has 0 radical (unpaired) electrons. The number of nitrogens with zero attached hydrogens (tertiary/aromatic N) is 2. The van der Waals surface area contributed by atoms with E-state index in [1.165, 1.54) is 18.4 Å². The molecule has 2 aromatic carbocycles. The van der Waals surface area contributed by atoms with E-state index in [4.69, 9.17) is 4.74 Å². The van der Waals surface area contributed by atoms with Crippen molar-refractivity contribution >= 4 is 10.9 Å². The highest BCUT2D eigenvalue weighted by molar-refractivity contribution is 5.82. The summed E-state index contributed by atoms with van der Waals surface area (Å²) >= 11 is 0. The van der Waals surface area contributed by atoms with Gasteiger partial charge in [0.25, 0.3) is 0 Å². The van der Waals surface area contributed by atoms with Crippen molar-refractivity contribution in [1.82, 2.24) is 15.1 Å². The monoisotopic (exact) mass is 337 g/mol. The van der Waals surface area contributed by atoms with Crippen LogP contribution in [0.25, 0.3) is 10.9 Å². The first-order valence-corrected chi connectivity index (χ1v) is 9.08. The van der Waals surface area contributed by atoms with Gasteiger partial charge in [0.05, 0.1) is 17.8 Å². The van der Waals surface area contributed by atoms with Gasteiger partial charge in [0.2, 0.25) is 0 Å². The molecule has 0 aliphatic heterocycles. The van der Waals surface area contributed by atoms with Gasteiger partial charge in [-0.15, -0.1) is 0 Å². The lowest BCUT2D eigenvalue weighted by atomic mass is 10.1. The number of fused-ring (bicyclic) bond motifs is 1. The summed E-state index contributed by atoms with van der Waals surface area (Å²) in [6, 6.07) is 16.6. The molecule has 0 spiro atoms. The van der Waals surface area contributed by atoms with Gasteiger partial charge >= 0.3 is 0 Å². The molecule has 0 bridgehead atoms. The van der Waals surface area contributed by atoms with E-state index in [-0.39, 0.29) is 0 Å². The fourth-order valence-corrected chi connectivity index (χ4v) is 2.96. The molecular formula is C21H27N3O. The topological polar surface area (TPSA) is 41.2 Å². The number of nitrogens with one attached hydrogen (secondary N) is 1. The number of H-pyrrole nitrogens is 1. The fraction of sp³-hybridized carbons (Fsp3) is 0.381. The maximum atomic E-state index is 5.96. The lowest BCUT2D eigenvalue weighted by molar-refractivity contribution is 0.317. The van der Waals surface area contributed by atoms with Crippen LogP contribution < -0.4 is 4.74 Å². The molecule has 0 unspecified atom stereocenters. The van der Waals surface area contributed by atoms with Crippen LogP contribution in [-0.2, 0) is 13.0 Å². The molecule has 0 amide bonds. The van der Waals surface area contributed by atoms with Gasteiger partial charge in [-0.05, 0) is 43.8 Å². The average Bonchev–Trinajstić information content (AvgIpc) is 3.03. The highest BCUT2D eigenvalue weighted by Crippen LogP contribution is 2.23. The van der Waals surface area contributed by atoms with E-state index in [0.29, 0.717) is 6.61 Å². The van der Waals surface area contributed by atoms with Crippen LogP contribution in [-0.4, -0.2) is 35.3 Å². The van der Waals surface area contributed by atoms with Crippen molar-refractivity contribution in [2.45, 2.75) is 32.7 Å². The van der Waals surface area contributed by atoms with Crippen molar-refractivity contribution in [3.05, 3.63) is 59.8 Å². The van der Waals surface area contributed by atoms with Crippen LogP contribution in [0, 0.1) is 0 Å². The molecule has 0 aliphatic rings. The van der Waals surface area contributed by atoms with Gasteiger partial charge in [0, 0.05) is 18.4 Å². The Kier molecular flexibility index (Phi) is 6.07. The fourth-order valence-electron chi connectivity index (χ4n) is 2.96. The maximum Gasteiger partial charge on any atom is 0.120 e. The van der Waals surface area contributed by atoms with Crippen molar-refractivity contribution in [2.24, 2.45) is 0 Å². The van der Waals surface area contributed by atoms with Crippen LogP contribution in [0.2, 0.25) is 0 Å². The highest BCUT2D eigenvalue weighted by Gasteiger charge is 2.09. The SMILES string of the molecule is CCCCN(C)Cc1[nH]nc2ccc(OCCc3ccccc3)cc12. The summed E-state index contributed by atoms with van der Waals surface area (Å²) in [4.78, 5) is 2.33. The van der Waals surface area contributed by atoms with Crippen molar-refractivity contribution in [1.29, 1.82) is 0 Å². The molecule has 1 heterocycles. The largest absolute Gasteiger partial charge is 0.493 e. The smallest absolute Gasteiger partial charge is 0.120 e. The summed E-state index contributed by atoms with van der Waals surface area (Å²) in [6.45, 7) is 4.88. The molecule has 132 valence electrons. The second kappa shape index (κ2) is 8.67. The van der Waals surface area contributed by atoms with Gasteiger partial charge < -0.3 is 9.64 Å². The first kappa shape index (κ1) is 17.5. The lowest BCUT2D eigenvalue weighted by Crippen LogP contribution is -2.19. The van der Waals surface area contributed by atoms with Crippen molar-refractivity contribution < 1.29 is 4.74 Å². The van der Waals surface area contributed by atoms with Gasteiger partial charge in [0.1, 0.15) is 5.75 Å². The van der Waals surface area contributed by atoms with Crippen molar-refractivity contribution in [2.75, 3.05) is 20.2 Å². The number of aromatic nitrogens is 2. The lowest BCUT2D eigenvalue weighted by Gasteiger charge is -2.15. The van der Waals surface area contributed by atoms with E-state index in [9.17, 15) is 0 Å². The van der Waals surface area contributed by atoms with Crippen LogP contribution >= 0.6 is 0 Å². The number of ether oxygens (including phenoxy) is 1. The standard InChI is InChI=1S/C21H27N3O/c1-3-4-13-24(2)16-21-19-15-18(10-11-20(19)22-23-21)25-14-12-17-8-6-5-7-9-17/h5-11,15H,3-4,12-14,16H2,1-2H3,(H,22,23).